The minimum absolute atomic E-state index is 0.0730. The van der Waals surface area contributed by atoms with Crippen molar-refractivity contribution in [2.24, 2.45) is 23.2 Å². The fourth-order valence-electron chi connectivity index (χ4n) is 7.74. The number of nitrogens with zero attached hydrogens (tertiary/aromatic N) is 2. The molecule has 35 heavy (non-hydrogen) atoms. The molecule has 0 saturated heterocycles. The predicted octanol–water partition coefficient (Wildman–Crippen LogP) is 3.93. The first-order chi connectivity index (χ1) is 16.9. The van der Waals surface area contributed by atoms with Gasteiger partial charge in [0.25, 0.3) is 0 Å². The Morgan fingerprint density at radius 3 is 1.97 bits per heavy atom. The van der Waals surface area contributed by atoms with Gasteiger partial charge in [-0.1, -0.05) is 42.5 Å². The second-order valence-corrected chi connectivity index (χ2v) is 11.3. The second kappa shape index (κ2) is 8.51. The molecule has 0 aliphatic heterocycles. The fourth-order valence-corrected chi connectivity index (χ4v) is 7.74. The van der Waals surface area contributed by atoms with Crippen molar-refractivity contribution >= 4 is 16.9 Å². The van der Waals surface area contributed by atoms with Gasteiger partial charge in [0.05, 0.1) is 17.6 Å². The number of carbonyl (C=O) groups excluding carboxylic acids is 1. The summed E-state index contributed by atoms with van der Waals surface area (Å²) in [6.45, 7) is 2.31. The lowest BCUT2D eigenvalue weighted by Crippen LogP contribution is -2.56. The highest BCUT2D eigenvalue weighted by Crippen LogP contribution is 2.61. The smallest absolute Gasteiger partial charge is 0.317 e. The third-order valence-electron chi connectivity index (χ3n) is 9.00. The van der Waals surface area contributed by atoms with Crippen molar-refractivity contribution in [1.82, 2.24) is 14.5 Å². The zero-order valence-corrected chi connectivity index (χ0v) is 20.3. The maximum Gasteiger partial charge on any atom is 0.317 e. The van der Waals surface area contributed by atoms with Crippen LogP contribution in [0.5, 0.6) is 0 Å². The zero-order chi connectivity index (χ0) is 24.2. The maximum absolute atomic E-state index is 13.2. The second-order valence-electron chi connectivity index (χ2n) is 11.3. The Bertz CT molecular complexity index is 1350. The van der Waals surface area contributed by atoms with Crippen LogP contribution in [-0.4, -0.2) is 21.1 Å². The van der Waals surface area contributed by atoms with Gasteiger partial charge in [0, 0.05) is 6.04 Å². The van der Waals surface area contributed by atoms with E-state index in [1.807, 2.05) is 54.6 Å². The van der Waals surface area contributed by atoms with Crippen LogP contribution >= 0.6 is 0 Å². The molecule has 4 aliphatic carbocycles. The Balaban J connectivity index is 1.27. The van der Waals surface area contributed by atoms with Crippen molar-refractivity contribution in [1.29, 1.82) is 0 Å². The molecule has 1 atom stereocenters. The molecule has 4 aliphatic rings. The summed E-state index contributed by atoms with van der Waals surface area (Å²) >= 11 is 0. The number of benzene rings is 2. The highest BCUT2D eigenvalue weighted by molar-refractivity contribution is 5.80. The minimum atomic E-state index is -0.655. The number of nitrogens with one attached hydrogen (secondary N) is 1. The Kier molecular flexibility index (Phi) is 5.42. The molecule has 182 valence electrons. The molecule has 6 nitrogen and oxygen atoms in total. The molecule has 2 aromatic carbocycles. The minimum Gasteiger partial charge on any atom is -0.352 e. The van der Waals surface area contributed by atoms with Gasteiger partial charge in [-0.3, -0.25) is 23.5 Å². The van der Waals surface area contributed by atoms with Crippen LogP contribution in [0.3, 0.4) is 0 Å². The van der Waals surface area contributed by atoms with Gasteiger partial charge in [-0.25, -0.2) is 0 Å². The highest BCUT2D eigenvalue weighted by atomic mass is 16.2. The number of hydrogen-bond acceptors (Lipinski definition) is 3. The van der Waals surface area contributed by atoms with Gasteiger partial charge in [-0.15, -0.1) is 0 Å². The van der Waals surface area contributed by atoms with E-state index >= 15 is 0 Å². The van der Waals surface area contributed by atoms with Crippen molar-refractivity contribution in [3.63, 3.8) is 0 Å². The molecule has 4 saturated carbocycles. The van der Waals surface area contributed by atoms with Crippen molar-refractivity contribution in [2.75, 3.05) is 0 Å². The van der Waals surface area contributed by atoms with E-state index in [1.165, 1.54) is 47.7 Å². The van der Waals surface area contributed by atoms with Gasteiger partial charge in [0.15, 0.2) is 0 Å². The van der Waals surface area contributed by atoms with E-state index in [2.05, 4.69) is 12.2 Å². The first-order valence-electron chi connectivity index (χ1n) is 13.0. The number of amides is 1. The van der Waals surface area contributed by atoms with Crippen molar-refractivity contribution in [2.45, 2.75) is 64.6 Å². The average Bonchev–Trinajstić information content (AvgIpc) is 2.84. The molecule has 1 N–H and O–H groups in total. The van der Waals surface area contributed by atoms with Crippen LogP contribution in [0.4, 0.5) is 0 Å². The summed E-state index contributed by atoms with van der Waals surface area (Å²) in [4.78, 5) is 39.5. The third-order valence-corrected chi connectivity index (χ3v) is 9.00. The monoisotopic (exact) mass is 471 g/mol. The lowest BCUT2D eigenvalue weighted by Gasteiger charge is -2.59. The predicted molar refractivity (Wildman–Crippen MR) is 136 cm³/mol. The van der Waals surface area contributed by atoms with Crippen LogP contribution in [0, 0.1) is 23.2 Å². The van der Waals surface area contributed by atoms with E-state index in [0.29, 0.717) is 17.6 Å². The number of aromatic nitrogens is 2. The molecule has 6 heteroatoms. The molecule has 1 aromatic heterocycles. The molecular weight excluding hydrogens is 438 g/mol. The van der Waals surface area contributed by atoms with Gasteiger partial charge in [-0.2, -0.15) is 0 Å². The van der Waals surface area contributed by atoms with Crippen LogP contribution < -0.4 is 16.4 Å². The standard InChI is InChI=1S/C29H33N3O3/c1-19(29-14-21-11-22(15-29)13-23(12-21)16-29)30-26(33)18-32-25-10-6-5-9-24(25)31(27(34)28(32)35)17-20-7-3-2-4-8-20/h2-10,19,21-23H,11-18H2,1H3,(H,30,33)/t19-,21?,22?,23?,29?/m0/s1. The van der Waals surface area contributed by atoms with E-state index in [0.717, 1.165) is 23.3 Å². The summed E-state index contributed by atoms with van der Waals surface area (Å²) in [5.41, 5.74) is 1.13. The molecule has 0 radical (unpaired) electrons. The molecule has 1 heterocycles. The Labute approximate surface area is 205 Å². The van der Waals surface area contributed by atoms with E-state index in [9.17, 15) is 14.4 Å². The van der Waals surface area contributed by atoms with Crippen molar-refractivity contribution < 1.29 is 4.79 Å². The van der Waals surface area contributed by atoms with Gasteiger partial charge < -0.3 is 5.32 Å². The summed E-state index contributed by atoms with van der Waals surface area (Å²) in [5.74, 6) is 2.24. The van der Waals surface area contributed by atoms with Gasteiger partial charge in [-0.05, 0) is 86.3 Å². The molecule has 0 unspecified atom stereocenters. The van der Waals surface area contributed by atoms with E-state index in [4.69, 9.17) is 0 Å². The van der Waals surface area contributed by atoms with E-state index in [-0.39, 0.29) is 23.9 Å². The normalized spacial score (nSPS) is 27.7. The van der Waals surface area contributed by atoms with Crippen LogP contribution in [0.1, 0.15) is 51.0 Å². The van der Waals surface area contributed by atoms with Crippen LogP contribution in [0.2, 0.25) is 0 Å². The molecule has 7 rings (SSSR count). The summed E-state index contributed by atoms with van der Waals surface area (Å²) in [6.07, 6.45) is 7.71. The molecule has 4 fully saturated rings. The lowest BCUT2D eigenvalue weighted by molar-refractivity contribution is -0.126. The molecule has 1 amide bonds. The largest absolute Gasteiger partial charge is 0.352 e. The summed E-state index contributed by atoms with van der Waals surface area (Å²) in [5, 5.41) is 3.24. The Hall–Kier alpha value is -3.15. The van der Waals surface area contributed by atoms with Crippen molar-refractivity contribution in [3.05, 3.63) is 80.9 Å². The molecular formula is C29H33N3O3. The van der Waals surface area contributed by atoms with Gasteiger partial charge in [0.1, 0.15) is 6.54 Å². The SMILES string of the molecule is C[C@H](NC(=O)Cn1c(=O)c(=O)n(Cc2ccccc2)c2ccccc21)C12CC3CC(CC(C3)C1)C2. The summed E-state index contributed by atoms with van der Waals surface area (Å²) in [6, 6.07) is 17.0. The van der Waals surface area contributed by atoms with Crippen LogP contribution in [0.15, 0.2) is 64.2 Å². The Morgan fingerprint density at radius 1 is 0.857 bits per heavy atom. The molecule has 3 aromatic rings. The van der Waals surface area contributed by atoms with E-state index in [1.54, 1.807) is 0 Å². The number of para-hydroxylation sites is 2. The number of rotatable bonds is 6. The van der Waals surface area contributed by atoms with Crippen molar-refractivity contribution in [3.8, 4) is 0 Å². The van der Waals surface area contributed by atoms with Crippen LogP contribution in [0.25, 0.3) is 11.0 Å². The quantitative estimate of drug-likeness (QED) is 0.554. The van der Waals surface area contributed by atoms with Gasteiger partial charge >= 0.3 is 11.1 Å². The molecule has 4 bridgehead atoms. The van der Waals surface area contributed by atoms with Gasteiger partial charge in [0.2, 0.25) is 5.91 Å². The summed E-state index contributed by atoms with van der Waals surface area (Å²) in [7, 11) is 0. The highest BCUT2D eigenvalue weighted by Gasteiger charge is 2.53. The average molecular weight is 472 g/mol. The third kappa shape index (κ3) is 3.93. The zero-order valence-electron chi connectivity index (χ0n) is 20.3. The fraction of sp³-hybridized carbons (Fsp3) is 0.483. The lowest BCUT2D eigenvalue weighted by atomic mass is 9.48. The topological polar surface area (TPSA) is 73.1 Å². The van der Waals surface area contributed by atoms with E-state index < -0.39 is 11.1 Å². The first-order valence-corrected chi connectivity index (χ1v) is 13.0. The number of hydrogen-bond donors (Lipinski definition) is 1. The Morgan fingerprint density at radius 2 is 1.37 bits per heavy atom. The molecule has 0 spiro atoms. The van der Waals surface area contributed by atoms with Crippen LogP contribution in [-0.2, 0) is 17.9 Å². The number of fused-ring (bicyclic) bond motifs is 1. The summed E-state index contributed by atoms with van der Waals surface area (Å²) < 4.78 is 2.86. The first kappa shape index (κ1) is 22.3. The maximum atomic E-state index is 13.2. The number of carbonyl (C=O) groups is 1.